The number of aliphatic hydroxyl groups excluding tert-OH is 16. The molecular formula is C54H90O24. The van der Waals surface area contributed by atoms with Gasteiger partial charge in [-0.2, -0.15) is 0 Å². The van der Waals surface area contributed by atoms with Gasteiger partial charge in [-0.25, -0.2) is 0 Å². The third-order valence-electron chi connectivity index (χ3n) is 21.7. The molecule has 8 fully saturated rings. The molecule has 0 aromatic carbocycles. The molecule has 4 saturated carbocycles. The van der Waals surface area contributed by atoms with Gasteiger partial charge in [-0.05, 0) is 91.8 Å². The molecule has 24 nitrogen and oxygen atoms in total. The van der Waals surface area contributed by atoms with Crippen LogP contribution in [0.4, 0.5) is 0 Å². The Bertz CT molecular complexity index is 2100. The van der Waals surface area contributed by atoms with Crippen molar-refractivity contribution in [2.75, 3.05) is 33.0 Å². The van der Waals surface area contributed by atoms with Crippen molar-refractivity contribution in [2.24, 2.45) is 50.2 Å². The minimum Gasteiger partial charge on any atom is -0.396 e. The minimum absolute atomic E-state index is 0.174. The predicted molar refractivity (Wildman–Crippen MR) is 265 cm³/mol. The van der Waals surface area contributed by atoms with Crippen molar-refractivity contribution < 1.29 is 120 Å². The first-order chi connectivity index (χ1) is 36.6. The fourth-order valence-corrected chi connectivity index (χ4v) is 16.8. The van der Waals surface area contributed by atoms with Gasteiger partial charge >= 0.3 is 0 Å². The van der Waals surface area contributed by atoms with Gasteiger partial charge in [0.2, 0.25) is 0 Å². The van der Waals surface area contributed by atoms with Crippen LogP contribution in [-0.4, -0.2) is 256 Å². The molecule has 450 valence electrons. The molecule has 24 heteroatoms. The first-order valence-electron chi connectivity index (χ1n) is 28.1. The van der Waals surface area contributed by atoms with E-state index in [9.17, 15) is 81.7 Å². The number of ether oxygens (including phenoxy) is 8. The van der Waals surface area contributed by atoms with Gasteiger partial charge in [0.25, 0.3) is 0 Å². The smallest absolute Gasteiger partial charge is 0.187 e. The van der Waals surface area contributed by atoms with E-state index < -0.39 is 201 Å². The van der Waals surface area contributed by atoms with Crippen LogP contribution in [0, 0.1) is 50.2 Å². The highest BCUT2D eigenvalue weighted by atomic mass is 16.8. The van der Waals surface area contributed by atoms with Crippen LogP contribution in [0.15, 0.2) is 11.6 Å². The maximum atomic E-state index is 12.9. The van der Waals surface area contributed by atoms with Crippen LogP contribution in [-0.2, 0) is 37.9 Å². The summed E-state index contributed by atoms with van der Waals surface area (Å²) in [6.07, 6.45) is -29.7. The Balaban J connectivity index is 1.05. The van der Waals surface area contributed by atoms with Crippen molar-refractivity contribution in [2.45, 2.75) is 241 Å². The Morgan fingerprint density at radius 2 is 1.00 bits per heavy atom. The molecule has 0 aromatic rings. The van der Waals surface area contributed by atoms with Gasteiger partial charge in [-0.1, -0.05) is 53.2 Å². The highest BCUT2D eigenvalue weighted by molar-refractivity contribution is 5.37. The Morgan fingerprint density at radius 3 is 1.50 bits per heavy atom. The van der Waals surface area contributed by atoms with E-state index >= 15 is 0 Å². The van der Waals surface area contributed by atoms with Crippen LogP contribution in [0.1, 0.15) is 99.8 Å². The molecule has 9 aliphatic rings. The molecule has 0 bridgehead atoms. The van der Waals surface area contributed by atoms with Gasteiger partial charge in [0.1, 0.15) is 91.6 Å². The summed E-state index contributed by atoms with van der Waals surface area (Å²) in [5, 5.41) is 176. The fraction of sp³-hybridized carbons (Fsp3) is 0.963. The van der Waals surface area contributed by atoms with Crippen molar-refractivity contribution in [1.29, 1.82) is 0 Å². The Labute approximate surface area is 454 Å². The second kappa shape index (κ2) is 22.3. The average molecular weight is 1120 g/mol. The molecule has 0 spiro atoms. The van der Waals surface area contributed by atoms with E-state index in [0.717, 1.165) is 12.0 Å². The molecule has 31 unspecified atom stereocenters. The van der Waals surface area contributed by atoms with Crippen LogP contribution in [0.2, 0.25) is 0 Å². The lowest BCUT2D eigenvalue weighted by Gasteiger charge is -2.73. The van der Waals surface area contributed by atoms with Gasteiger partial charge in [-0.15, -0.1) is 0 Å². The minimum atomic E-state index is -1.95. The molecule has 4 aliphatic heterocycles. The molecule has 78 heavy (non-hydrogen) atoms. The maximum absolute atomic E-state index is 12.9. The summed E-state index contributed by atoms with van der Waals surface area (Å²) in [5.41, 5.74) is -3.27. The summed E-state index contributed by atoms with van der Waals surface area (Å²) in [7, 11) is 0. The van der Waals surface area contributed by atoms with Gasteiger partial charge in [0.15, 0.2) is 25.2 Å². The standard InChI is InChI=1S/C54H90O24/c1-22-32(61)42(77-46-40(69)37(66)34(63)27(18-56)73-46)43(78-47-41(70)38(67)35(64)28(19-57)74-47)48(71-22)75-30-9-10-50(4)29(51(30,5)20-58)8-11-52(6)44(50)25(60)14-23-24-15-49(2,3)12-13-54(24,21-59)31(16-53(23,52)7)76-45-39(68)36(65)33(62)26(17-55)72-45/h14,22,24-48,55-70H,8-13,15-21H2,1-7H3. The molecule has 0 aromatic heterocycles. The topological polar surface area (TPSA) is 398 Å². The zero-order chi connectivity index (χ0) is 57.1. The zero-order valence-electron chi connectivity index (χ0n) is 45.7. The first-order valence-corrected chi connectivity index (χ1v) is 28.1. The first kappa shape index (κ1) is 61.3. The van der Waals surface area contributed by atoms with Crippen molar-refractivity contribution in [3.05, 3.63) is 11.6 Å². The lowest BCUT2D eigenvalue weighted by molar-refractivity contribution is -0.398. The van der Waals surface area contributed by atoms with Crippen LogP contribution in [0.25, 0.3) is 0 Å². The Hall–Kier alpha value is -1.22. The summed E-state index contributed by atoms with van der Waals surface area (Å²) in [6, 6.07) is 0. The SMILES string of the molecule is CC1OC(OC2CCC3(C)C(CCC4(C)C3C(O)C=C3C5CC(C)(C)CCC5(CO)C(OC5OC(CO)C(O)C(O)C5O)CC34C)C2(C)CO)C(OC2OC(CO)C(O)C(O)C2O)C(OC2OC(CO)C(O)C(O)C2O)C1O. The van der Waals surface area contributed by atoms with Gasteiger partial charge in [0, 0.05) is 16.7 Å². The monoisotopic (exact) mass is 1120 g/mol. The lowest BCUT2D eigenvalue weighted by Crippen LogP contribution is -2.71. The predicted octanol–water partition coefficient (Wildman–Crippen LogP) is -3.62. The fourth-order valence-electron chi connectivity index (χ4n) is 16.8. The maximum Gasteiger partial charge on any atom is 0.187 e. The Morgan fingerprint density at radius 1 is 0.500 bits per heavy atom. The quantitative estimate of drug-likeness (QED) is 0.0625. The number of rotatable bonds is 13. The summed E-state index contributed by atoms with van der Waals surface area (Å²) < 4.78 is 50.0. The van der Waals surface area contributed by atoms with Gasteiger partial charge in [-0.3, -0.25) is 0 Å². The third-order valence-corrected chi connectivity index (χ3v) is 21.7. The molecule has 4 saturated heterocycles. The Kier molecular flexibility index (Phi) is 17.6. The number of fused-ring (bicyclic) bond motifs is 7. The zero-order valence-corrected chi connectivity index (χ0v) is 45.7. The van der Waals surface area contributed by atoms with E-state index in [1.165, 1.54) is 6.92 Å². The van der Waals surface area contributed by atoms with Crippen LogP contribution in [0.5, 0.6) is 0 Å². The second-order valence-corrected chi connectivity index (χ2v) is 26.4. The molecule has 4 heterocycles. The summed E-state index contributed by atoms with van der Waals surface area (Å²) in [6.45, 7) is 11.3. The summed E-state index contributed by atoms with van der Waals surface area (Å²) in [4.78, 5) is 0. The summed E-state index contributed by atoms with van der Waals surface area (Å²) in [5.74, 6) is -1.10. The van der Waals surface area contributed by atoms with Crippen molar-refractivity contribution >= 4 is 0 Å². The van der Waals surface area contributed by atoms with Crippen molar-refractivity contribution in [1.82, 2.24) is 0 Å². The lowest BCUT2D eigenvalue weighted by atomic mass is 9.32. The van der Waals surface area contributed by atoms with E-state index in [2.05, 4.69) is 34.6 Å². The van der Waals surface area contributed by atoms with Crippen molar-refractivity contribution in [3.63, 3.8) is 0 Å². The number of aliphatic hydroxyl groups is 16. The van der Waals surface area contributed by atoms with Crippen molar-refractivity contribution in [3.8, 4) is 0 Å². The van der Waals surface area contributed by atoms with E-state index in [-0.39, 0.29) is 30.3 Å². The highest BCUT2D eigenvalue weighted by Crippen LogP contribution is 2.76. The van der Waals surface area contributed by atoms with E-state index in [4.69, 9.17) is 37.9 Å². The molecular weight excluding hydrogens is 1030 g/mol. The van der Waals surface area contributed by atoms with Gasteiger partial charge in [0.05, 0.1) is 57.5 Å². The molecule has 5 aliphatic carbocycles. The third kappa shape index (κ3) is 9.71. The molecule has 9 rings (SSSR count). The normalized spacial score (nSPS) is 56.2. The summed E-state index contributed by atoms with van der Waals surface area (Å²) >= 11 is 0. The second-order valence-electron chi connectivity index (χ2n) is 26.4. The van der Waals surface area contributed by atoms with Crippen LogP contribution < -0.4 is 0 Å². The number of hydrogen-bond donors (Lipinski definition) is 16. The van der Waals surface area contributed by atoms with E-state index in [1.807, 2.05) is 13.0 Å². The highest BCUT2D eigenvalue weighted by Gasteiger charge is 2.73. The largest absolute Gasteiger partial charge is 0.396 e. The molecule has 0 amide bonds. The molecule has 0 radical (unpaired) electrons. The van der Waals surface area contributed by atoms with Gasteiger partial charge < -0.3 is 120 Å². The molecule has 31 atom stereocenters. The van der Waals surface area contributed by atoms with Crippen LogP contribution >= 0.6 is 0 Å². The van der Waals surface area contributed by atoms with E-state index in [1.54, 1.807) is 0 Å². The average Bonchev–Trinajstić information content (AvgIpc) is 3.49. The van der Waals surface area contributed by atoms with E-state index in [0.29, 0.717) is 38.5 Å². The number of allylic oxidation sites excluding steroid dienone is 1. The number of hydrogen-bond acceptors (Lipinski definition) is 24. The molecule has 16 N–H and O–H groups in total. The van der Waals surface area contributed by atoms with Crippen LogP contribution in [0.3, 0.4) is 0 Å².